The zero-order valence-electron chi connectivity index (χ0n) is 16.0. The molecule has 3 amide bonds. The summed E-state index contributed by atoms with van der Waals surface area (Å²) in [5.41, 5.74) is 2.66. The molecule has 0 spiro atoms. The highest BCUT2D eigenvalue weighted by atomic mass is 32.1. The molecule has 7 heteroatoms. The molecule has 0 unspecified atom stereocenters. The number of carbonyl (C=O) groups is 3. The molecule has 1 N–H and O–H groups in total. The molecule has 0 saturated heterocycles. The van der Waals surface area contributed by atoms with E-state index in [-0.39, 0.29) is 17.7 Å². The van der Waals surface area contributed by atoms with Crippen molar-refractivity contribution in [3.8, 4) is 6.07 Å². The van der Waals surface area contributed by atoms with E-state index in [9.17, 15) is 19.6 Å². The number of unbranched alkanes of at least 4 members (excludes halogenated alkanes) is 2. The Balaban J connectivity index is 1.22. The van der Waals surface area contributed by atoms with Gasteiger partial charge in [0.2, 0.25) is 5.91 Å². The Labute approximate surface area is 173 Å². The number of aryl methyl sites for hydroxylation is 1. The molecule has 2 aliphatic rings. The van der Waals surface area contributed by atoms with Crippen LogP contribution in [0.25, 0.3) is 0 Å². The van der Waals surface area contributed by atoms with E-state index in [1.165, 1.54) is 21.1 Å². The summed E-state index contributed by atoms with van der Waals surface area (Å²) >= 11 is 1.52. The lowest BCUT2D eigenvalue weighted by Crippen LogP contribution is -2.30. The Morgan fingerprint density at radius 1 is 1.10 bits per heavy atom. The monoisotopic (exact) mass is 407 g/mol. The highest BCUT2D eigenvalue weighted by Gasteiger charge is 2.34. The summed E-state index contributed by atoms with van der Waals surface area (Å²) in [5, 5.41) is 12.9. The molecule has 148 valence electrons. The number of anilines is 1. The number of nitrogens with zero attached hydrogens (tertiary/aromatic N) is 2. The number of benzene rings is 1. The van der Waals surface area contributed by atoms with Crippen LogP contribution < -0.4 is 5.32 Å². The van der Waals surface area contributed by atoms with Crippen LogP contribution in [0.3, 0.4) is 0 Å². The summed E-state index contributed by atoms with van der Waals surface area (Å²) in [6.45, 7) is 0.365. The maximum absolute atomic E-state index is 12.3. The number of amides is 3. The summed E-state index contributed by atoms with van der Waals surface area (Å²) in [7, 11) is 0. The number of fused-ring (bicyclic) bond motifs is 2. The molecule has 6 nitrogen and oxygen atoms in total. The summed E-state index contributed by atoms with van der Waals surface area (Å²) < 4.78 is 0. The van der Waals surface area contributed by atoms with Gasteiger partial charge >= 0.3 is 0 Å². The third-order valence-corrected chi connectivity index (χ3v) is 6.66. The molecule has 0 saturated carbocycles. The lowest BCUT2D eigenvalue weighted by Gasteiger charge is -2.13. The van der Waals surface area contributed by atoms with Crippen molar-refractivity contribution < 1.29 is 14.4 Å². The second kappa shape index (κ2) is 8.18. The molecule has 1 aromatic heterocycles. The summed E-state index contributed by atoms with van der Waals surface area (Å²) in [5.74, 6) is -0.571. The Morgan fingerprint density at radius 3 is 2.52 bits per heavy atom. The van der Waals surface area contributed by atoms with Gasteiger partial charge in [0, 0.05) is 17.8 Å². The fourth-order valence-electron chi connectivity index (χ4n) is 3.97. The normalized spacial score (nSPS) is 14.7. The molecule has 1 aliphatic carbocycles. The lowest BCUT2D eigenvalue weighted by atomic mass is 10.1. The van der Waals surface area contributed by atoms with Crippen LogP contribution in [-0.4, -0.2) is 29.2 Å². The molecule has 2 heterocycles. The standard InChI is InChI=1S/C22H21N3O3S/c23-13-17-14-9-6-10-18(14)29-20(17)24-19(26)11-2-1-5-12-25-21(27)15-7-3-4-8-16(15)22(25)28/h3-4,7-8H,1-2,5-6,9-12H2,(H,24,26). The van der Waals surface area contributed by atoms with Gasteiger partial charge in [0.15, 0.2) is 0 Å². The van der Waals surface area contributed by atoms with E-state index in [0.29, 0.717) is 47.5 Å². The molecule has 1 aromatic carbocycles. The first-order valence-electron chi connectivity index (χ1n) is 9.90. The van der Waals surface area contributed by atoms with Gasteiger partial charge in [-0.05, 0) is 49.8 Å². The zero-order chi connectivity index (χ0) is 20.4. The van der Waals surface area contributed by atoms with Crippen molar-refractivity contribution in [3.05, 3.63) is 51.4 Å². The first-order valence-corrected chi connectivity index (χ1v) is 10.7. The number of thiophene rings is 1. The Kier molecular flexibility index (Phi) is 5.45. The molecule has 0 radical (unpaired) electrons. The van der Waals surface area contributed by atoms with Crippen molar-refractivity contribution in [2.45, 2.75) is 44.9 Å². The first-order chi connectivity index (χ1) is 14.1. The van der Waals surface area contributed by atoms with E-state index in [4.69, 9.17) is 0 Å². The summed E-state index contributed by atoms with van der Waals surface area (Å²) in [6, 6.07) is 9.10. The third-order valence-electron chi connectivity index (χ3n) is 5.45. The predicted molar refractivity (Wildman–Crippen MR) is 110 cm³/mol. The highest BCUT2D eigenvalue weighted by Crippen LogP contribution is 2.38. The van der Waals surface area contributed by atoms with Crippen LogP contribution in [0.1, 0.15) is 68.8 Å². The maximum Gasteiger partial charge on any atom is 0.261 e. The minimum Gasteiger partial charge on any atom is -0.317 e. The van der Waals surface area contributed by atoms with E-state index >= 15 is 0 Å². The van der Waals surface area contributed by atoms with Crippen molar-refractivity contribution in [1.29, 1.82) is 5.26 Å². The van der Waals surface area contributed by atoms with Gasteiger partial charge in [-0.1, -0.05) is 18.6 Å². The Hall–Kier alpha value is -2.98. The number of imide groups is 1. The molecule has 2 aromatic rings. The van der Waals surface area contributed by atoms with Crippen LogP contribution in [0.2, 0.25) is 0 Å². The highest BCUT2D eigenvalue weighted by molar-refractivity contribution is 7.16. The fourth-order valence-corrected chi connectivity index (χ4v) is 5.23. The minimum absolute atomic E-state index is 0.0952. The zero-order valence-corrected chi connectivity index (χ0v) is 16.8. The predicted octanol–water partition coefficient (Wildman–Crippen LogP) is 3.90. The number of carbonyl (C=O) groups excluding carboxylic acids is 3. The SMILES string of the molecule is N#Cc1c(NC(=O)CCCCCN2C(=O)c3ccccc3C2=O)sc2c1CCC2. The largest absolute Gasteiger partial charge is 0.317 e. The van der Waals surface area contributed by atoms with Gasteiger partial charge in [-0.15, -0.1) is 11.3 Å². The Morgan fingerprint density at radius 2 is 1.83 bits per heavy atom. The molecule has 0 fully saturated rings. The summed E-state index contributed by atoms with van der Waals surface area (Å²) in [6.07, 6.45) is 5.42. The van der Waals surface area contributed by atoms with Gasteiger partial charge in [-0.2, -0.15) is 5.26 Å². The molecule has 0 bridgehead atoms. The molecule has 1 aliphatic heterocycles. The first kappa shape index (κ1) is 19.3. The Bertz CT molecular complexity index is 999. The van der Waals surface area contributed by atoms with Crippen molar-refractivity contribution in [1.82, 2.24) is 4.90 Å². The van der Waals surface area contributed by atoms with Crippen molar-refractivity contribution in [3.63, 3.8) is 0 Å². The van der Waals surface area contributed by atoms with Crippen LogP contribution in [0, 0.1) is 11.3 Å². The number of nitriles is 1. The van der Waals surface area contributed by atoms with E-state index < -0.39 is 0 Å². The van der Waals surface area contributed by atoms with Crippen LogP contribution in [0.15, 0.2) is 24.3 Å². The lowest BCUT2D eigenvalue weighted by molar-refractivity contribution is -0.116. The van der Waals surface area contributed by atoms with Gasteiger partial charge in [-0.25, -0.2) is 0 Å². The van der Waals surface area contributed by atoms with Crippen molar-refractivity contribution in [2.75, 3.05) is 11.9 Å². The van der Waals surface area contributed by atoms with Crippen LogP contribution in [0.4, 0.5) is 5.00 Å². The van der Waals surface area contributed by atoms with Gasteiger partial charge in [0.25, 0.3) is 11.8 Å². The van der Waals surface area contributed by atoms with E-state index in [2.05, 4.69) is 11.4 Å². The van der Waals surface area contributed by atoms with Gasteiger partial charge in [0.1, 0.15) is 11.1 Å². The van der Waals surface area contributed by atoms with Crippen molar-refractivity contribution >= 4 is 34.1 Å². The minimum atomic E-state index is -0.238. The molecule has 29 heavy (non-hydrogen) atoms. The number of nitrogens with one attached hydrogen (secondary N) is 1. The topological polar surface area (TPSA) is 90.3 Å². The molecular weight excluding hydrogens is 386 g/mol. The number of hydrogen-bond acceptors (Lipinski definition) is 5. The number of hydrogen-bond donors (Lipinski definition) is 1. The van der Waals surface area contributed by atoms with Gasteiger partial charge < -0.3 is 5.32 Å². The smallest absolute Gasteiger partial charge is 0.261 e. The number of rotatable bonds is 7. The van der Waals surface area contributed by atoms with E-state index in [1.807, 2.05) is 0 Å². The molecule has 4 rings (SSSR count). The van der Waals surface area contributed by atoms with Crippen LogP contribution >= 0.6 is 11.3 Å². The summed E-state index contributed by atoms with van der Waals surface area (Å²) in [4.78, 5) is 39.4. The average Bonchev–Trinajstić information content (AvgIpc) is 3.36. The average molecular weight is 407 g/mol. The molecular formula is C22H21N3O3S. The maximum atomic E-state index is 12.3. The quantitative estimate of drug-likeness (QED) is 0.557. The van der Waals surface area contributed by atoms with Gasteiger partial charge in [-0.3, -0.25) is 19.3 Å². The van der Waals surface area contributed by atoms with E-state index in [1.54, 1.807) is 24.3 Å². The third kappa shape index (κ3) is 3.68. The molecule has 0 atom stereocenters. The van der Waals surface area contributed by atoms with Crippen LogP contribution in [0.5, 0.6) is 0 Å². The second-order valence-electron chi connectivity index (χ2n) is 7.34. The second-order valence-corrected chi connectivity index (χ2v) is 8.44. The van der Waals surface area contributed by atoms with Crippen molar-refractivity contribution in [2.24, 2.45) is 0 Å². The van der Waals surface area contributed by atoms with Crippen LogP contribution in [-0.2, 0) is 17.6 Å². The fraction of sp³-hybridized carbons (Fsp3) is 0.364. The van der Waals surface area contributed by atoms with E-state index in [0.717, 1.165) is 31.2 Å². The van der Waals surface area contributed by atoms with Gasteiger partial charge in [0.05, 0.1) is 16.7 Å².